The predicted molar refractivity (Wildman–Crippen MR) is 82.3 cm³/mol. The summed E-state index contributed by atoms with van der Waals surface area (Å²) in [6.45, 7) is 3.82. The molecule has 1 aromatic carbocycles. The Morgan fingerprint density at radius 2 is 2.05 bits per heavy atom. The topological polar surface area (TPSA) is 66.8 Å². The summed E-state index contributed by atoms with van der Waals surface area (Å²) < 4.78 is 5.30. The average Bonchev–Trinajstić information content (AvgIpc) is 2.95. The van der Waals surface area contributed by atoms with Gasteiger partial charge in [0.1, 0.15) is 12.6 Å². The van der Waals surface area contributed by atoms with Gasteiger partial charge in [-0.2, -0.15) is 0 Å². The van der Waals surface area contributed by atoms with Crippen molar-refractivity contribution in [2.24, 2.45) is 0 Å². The lowest BCUT2D eigenvalue weighted by atomic mass is 10.1. The van der Waals surface area contributed by atoms with E-state index in [-0.39, 0.29) is 12.6 Å². The van der Waals surface area contributed by atoms with Gasteiger partial charge < -0.3 is 9.84 Å². The number of ether oxygens (including phenoxy) is 1. The lowest BCUT2D eigenvalue weighted by Gasteiger charge is -2.27. The number of amides is 1. The Balaban J connectivity index is 2.01. The molecule has 1 N–H and O–H groups in total. The Labute approximate surface area is 130 Å². The number of aliphatic carboxylic acids is 1. The monoisotopic (exact) mass is 303 g/mol. The molecule has 0 aromatic heterocycles. The second-order valence-electron chi connectivity index (χ2n) is 5.40. The first-order valence-electron chi connectivity index (χ1n) is 7.46. The van der Waals surface area contributed by atoms with Gasteiger partial charge in [0.2, 0.25) is 0 Å². The van der Waals surface area contributed by atoms with Crippen LogP contribution in [0.25, 0.3) is 0 Å². The minimum absolute atomic E-state index is 0.0950. The molecule has 5 heteroatoms. The van der Waals surface area contributed by atoms with Gasteiger partial charge in [0.05, 0.1) is 0 Å². The van der Waals surface area contributed by atoms with Crippen LogP contribution in [0.4, 0.5) is 4.79 Å². The first-order chi connectivity index (χ1) is 10.6. The lowest BCUT2D eigenvalue weighted by molar-refractivity contribution is -0.142. The number of benzene rings is 1. The normalized spacial score (nSPS) is 20.6. The maximum atomic E-state index is 12.3. The summed E-state index contributed by atoms with van der Waals surface area (Å²) in [7, 11) is 0. The highest BCUT2D eigenvalue weighted by Crippen LogP contribution is 2.28. The molecule has 0 bridgehead atoms. The maximum Gasteiger partial charge on any atom is 0.411 e. The van der Waals surface area contributed by atoms with E-state index >= 15 is 0 Å². The summed E-state index contributed by atoms with van der Waals surface area (Å²) in [6.07, 6.45) is 3.85. The number of carboxylic acid groups (broad SMARTS) is 1. The van der Waals surface area contributed by atoms with Crippen LogP contribution in [-0.4, -0.2) is 34.2 Å². The average molecular weight is 303 g/mol. The van der Waals surface area contributed by atoms with Crippen LogP contribution in [0.1, 0.15) is 31.2 Å². The second kappa shape index (κ2) is 7.64. The number of carbonyl (C=O) groups is 2. The van der Waals surface area contributed by atoms with Crippen LogP contribution in [0.15, 0.2) is 43.0 Å². The molecule has 118 valence electrons. The molecule has 1 saturated heterocycles. The van der Waals surface area contributed by atoms with Crippen LogP contribution in [0, 0.1) is 0 Å². The summed E-state index contributed by atoms with van der Waals surface area (Å²) in [5.74, 6) is -0.974. The molecule has 0 saturated carbocycles. The van der Waals surface area contributed by atoms with E-state index in [9.17, 15) is 14.7 Å². The third-order valence-corrected chi connectivity index (χ3v) is 3.91. The van der Waals surface area contributed by atoms with Crippen molar-refractivity contribution < 1.29 is 19.4 Å². The lowest BCUT2D eigenvalue weighted by Crippen LogP contribution is -2.45. The molecule has 2 atom stereocenters. The fourth-order valence-corrected chi connectivity index (χ4v) is 2.79. The standard InChI is InChI=1S/C17H21NO4/c1-2-3-9-14-10-11-15(16(19)20)18(14)17(21)22-12-13-7-5-4-6-8-13/h2,4-8,14-15H,1,3,9-12H2,(H,19,20)/t14-,15-/m1/s1. The first-order valence-corrected chi connectivity index (χ1v) is 7.46. The van der Waals surface area contributed by atoms with Gasteiger partial charge in [-0.1, -0.05) is 36.4 Å². The molecule has 0 radical (unpaired) electrons. The van der Waals surface area contributed by atoms with Gasteiger partial charge in [0, 0.05) is 6.04 Å². The number of carbonyl (C=O) groups excluding carboxylic acids is 1. The zero-order valence-electron chi connectivity index (χ0n) is 12.5. The van der Waals surface area contributed by atoms with E-state index in [0.29, 0.717) is 19.3 Å². The van der Waals surface area contributed by atoms with E-state index in [1.165, 1.54) is 4.90 Å². The summed E-state index contributed by atoms with van der Waals surface area (Å²) in [4.78, 5) is 25.0. The van der Waals surface area contributed by atoms with Gasteiger partial charge in [-0.25, -0.2) is 9.59 Å². The molecule has 5 nitrogen and oxygen atoms in total. The van der Waals surface area contributed by atoms with Crippen molar-refractivity contribution in [1.29, 1.82) is 0 Å². The Morgan fingerprint density at radius 3 is 2.68 bits per heavy atom. The number of hydrogen-bond donors (Lipinski definition) is 1. The van der Waals surface area contributed by atoms with E-state index in [2.05, 4.69) is 6.58 Å². The van der Waals surface area contributed by atoms with Crippen LogP contribution >= 0.6 is 0 Å². The zero-order valence-corrected chi connectivity index (χ0v) is 12.5. The molecular formula is C17H21NO4. The Kier molecular flexibility index (Phi) is 5.58. The largest absolute Gasteiger partial charge is 0.480 e. The fourth-order valence-electron chi connectivity index (χ4n) is 2.79. The SMILES string of the molecule is C=CCC[C@@H]1CC[C@H](C(=O)O)N1C(=O)OCc1ccccc1. The number of allylic oxidation sites excluding steroid dienone is 1. The van der Waals surface area contributed by atoms with Gasteiger partial charge >= 0.3 is 12.1 Å². The van der Waals surface area contributed by atoms with Crippen LogP contribution in [0.2, 0.25) is 0 Å². The van der Waals surface area contributed by atoms with Crippen molar-refractivity contribution >= 4 is 12.1 Å². The smallest absolute Gasteiger partial charge is 0.411 e. The summed E-state index contributed by atoms with van der Waals surface area (Å²) >= 11 is 0. The van der Waals surface area contributed by atoms with E-state index in [1.807, 2.05) is 30.3 Å². The Morgan fingerprint density at radius 1 is 1.32 bits per heavy atom. The van der Waals surface area contributed by atoms with E-state index in [4.69, 9.17) is 4.74 Å². The fraction of sp³-hybridized carbons (Fsp3) is 0.412. The molecule has 1 aromatic rings. The first kappa shape index (κ1) is 16.1. The van der Waals surface area contributed by atoms with Crippen LogP contribution in [0.5, 0.6) is 0 Å². The molecule has 1 fully saturated rings. The van der Waals surface area contributed by atoms with E-state index in [1.54, 1.807) is 6.08 Å². The zero-order chi connectivity index (χ0) is 15.9. The number of rotatable bonds is 6. The van der Waals surface area contributed by atoms with Crippen molar-refractivity contribution in [2.45, 2.75) is 44.4 Å². The molecule has 1 aliphatic rings. The quantitative estimate of drug-likeness (QED) is 0.819. The molecule has 1 heterocycles. The molecule has 0 spiro atoms. The van der Waals surface area contributed by atoms with Gasteiger partial charge in [-0.05, 0) is 31.2 Å². The van der Waals surface area contributed by atoms with Crippen molar-refractivity contribution in [3.8, 4) is 0 Å². The van der Waals surface area contributed by atoms with E-state index in [0.717, 1.165) is 12.0 Å². The number of carboxylic acids is 1. The highest BCUT2D eigenvalue weighted by atomic mass is 16.6. The van der Waals surface area contributed by atoms with Crippen LogP contribution < -0.4 is 0 Å². The molecule has 1 aliphatic heterocycles. The molecular weight excluding hydrogens is 282 g/mol. The third kappa shape index (κ3) is 3.87. The molecule has 2 rings (SSSR count). The van der Waals surface area contributed by atoms with Crippen molar-refractivity contribution in [2.75, 3.05) is 0 Å². The third-order valence-electron chi connectivity index (χ3n) is 3.91. The molecule has 0 unspecified atom stereocenters. The van der Waals surface area contributed by atoms with Gasteiger partial charge in [0.15, 0.2) is 0 Å². The Bertz CT molecular complexity index is 529. The maximum absolute atomic E-state index is 12.3. The predicted octanol–water partition coefficient (Wildman–Crippen LogP) is 3.21. The molecule has 1 amide bonds. The minimum atomic E-state index is -0.974. The Hall–Kier alpha value is -2.30. The van der Waals surface area contributed by atoms with Crippen LogP contribution in [0.3, 0.4) is 0 Å². The van der Waals surface area contributed by atoms with Crippen molar-refractivity contribution in [1.82, 2.24) is 4.90 Å². The molecule has 0 aliphatic carbocycles. The van der Waals surface area contributed by atoms with Crippen molar-refractivity contribution in [3.05, 3.63) is 48.6 Å². The highest BCUT2D eigenvalue weighted by Gasteiger charge is 2.41. The minimum Gasteiger partial charge on any atom is -0.480 e. The van der Waals surface area contributed by atoms with Gasteiger partial charge in [-0.15, -0.1) is 6.58 Å². The van der Waals surface area contributed by atoms with E-state index < -0.39 is 18.1 Å². The highest BCUT2D eigenvalue weighted by molar-refractivity contribution is 5.81. The summed E-state index contributed by atoms with van der Waals surface area (Å²) in [5, 5.41) is 9.29. The summed E-state index contributed by atoms with van der Waals surface area (Å²) in [6, 6.07) is 8.46. The van der Waals surface area contributed by atoms with Gasteiger partial charge in [0.25, 0.3) is 0 Å². The second-order valence-corrected chi connectivity index (χ2v) is 5.40. The van der Waals surface area contributed by atoms with Gasteiger partial charge in [-0.3, -0.25) is 4.90 Å². The van der Waals surface area contributed by atoms with Crippen LogP contribution in [-0.2, 0) is 16.1 Å². The number of likely N-dealkylation sites (tertiary alicyclic amines) is 1. The number of hydrogen-bond acceptors (Lipinski definition) is 3. The van der Waals surface area contributed by atoms with Crippen molar-refractivity contribution in [3.63, 3.8) is 0 Å². The molecule has 22 heavy (non-hydrogen) atoms. The summed E-state index contributed by atoms with van der Waals surface area (Å²) in [5.41, 5.74) is 0.879. The number of nitrogens with zero attached hydrogens (tertiary/aromatic N) is 1.